The number of ether oxygens (including phenoxy) is 1. The summed E-state index contributed by atoms with van der Waals surface area (Å²) in [6, 6.07) is 15.4. The lowest BCUT2D eigenvalue weighted by molar-refractivity contribution is -0.131. The summed E-state index contributed by atoms with van der Waals surface area (Å²) in [4.78, 5) is 15.4. The van der Waals surface area contributed by atoms with Gasteiger partial charge in [0.1, 0.15) is 10.8 Å². The molecule has 94 valence electrons. The normalized spacial score (nSPS) is 10.6. The molecule has 0 saturated heterocycles. The van der Waals surface area contributed by atoms with Crippen LogP contribution in [0.5, 0.6) is 5.75 Å². The maximum atomic E-state index is 10.9. The van der Waals surface area contributed by atoms with Crippen molar-refractivity contribution >= 4 is 27.5 Å². The second-order valence-electron chi connectivity index (χ2n) is 4.10. The first kappa shape index (κ1) is 11.9. The minimum Gasteiger partial charge on any atom is -0.427 e. The van der Waals surface area contributed by atoms with E-state index < -0.39 is 0 Å². The maximum Gasteiger partial charge on any atom is 0.308 e. The van der Waals surface area contributed by atoms with Gasteiger partial charge in [-0.15, -0.1) is 11.3 Å². The van der Waals surface area contributed by atoms with Gasteiger partial charge in [-0.25, -0.2) is 4.98 Å². The molecular formula is C15H11NO2S. The Morgan fingerprint density at radius 3 is 2.53 bits per heavy atom. The molecule has 0 N–H and O–H groups in total. The molecule has 3 aromatic rings. The molecule has 0 atom stereocenters. The molecule has 0 aliphatic heterocycles. The van der Waals surface area contributed by atoms with E-state index in [1.807, 2.05) is 30.3 Å². The van der Waals surface area contributed by atoms with Gasteiger partial charge in [0.25, 0.3) is 0 Å². The fraction of sp³-hybridized carbons (Fsp3) is 0.0667. The number of para-hydroxylation sites is 1. The molecule has 2 aromatic carbocycles. The largest absolute Gasteiger partial charge is 0.427 e. The quantitative estimate of drug-likeness (QED) is 0.523. The SMILES string of the molecule is CC(=O)Oc1ccc(-c2nc3ccccc3s2)cc1. The summed E-state index contributed by atoms with van der Waals surface area (Å²) in [6.45, 7) is 1.39. The van der Waals surface area contributed by atoms with Gasteiger partial charge in [0.2, 0.25) is 0 Å². The summed E-state index contributed by atoms with van der Waals surface area (Å²) < 4.78 is 6.18. The van der Waals surface area contributed by atoms with Crippen LogP contribution in [0.15, 0.2) is 48.5 Å². The van der Waals surface area contributed by atoms with E-state index >= 15 is 0 Å². The molecule has 0 amide bonds. The Kier molecular flexibility index (Phi) is 3.01. The van der Waals surface area contributed by atoms with Gasteiger partial charge in [0.05, 0.1) is 10.2 Å². The Morgan fingerprint density at radius 2 is 1.84 bits per heavy atom. The Morgan fingerprint density at radius 1 is 1.11 bits per heavy atom. The van der Waals surface area contributed by atoms with E-state index in [4.69, 9.17) is 4.74 Å². The topological polar surface area (TPSA) is 39.2 Å². The molecule has 4 heteroatoms. The van der Waals surface area contributed by atoms with Crippen LogP contribution < -0.4 is 4.74 Å². The Bertz CT molecular complexity index is 698. The van der Waals surface area contributed by atoms with Crippen LogP contribution in [0.3, 0.4) is 0 Å². The van der Waals surface area contributed by atoms with Crippen molar-refractivity contribution in [3.63, 3.8) is 0 Å². The minimum absolute atomic E-state index is 0.312. The van der Waals surface area contributed by atoms with E-state index in [9.17, 15) is 4.79 Å². The highest BCUT2D eigenvalue weighted by Crippen LogP contribution is 2.30. The van der Waals surface area contributed by atoms with Crippen LogP contribution in [0.4, 0.5) is 0 Å². The van der Waals surface area contributed by atoms with Crippen molar-refractivity contribution in [2.24, 2.45) is 0 Å². The molecular weight excluding hydrogens is 258 g/mol. The highest BCUT2D eigenvalue weighted by Gasteiger charge is 2.06. The number of carbonyl (C=O) groups is 1. The number of aromatic nitrogens is 1. The Hall–Kier alpha value is -2.20. The molecule has 0 aliphatic carbocycles. The molecule has 19 heavy (non-hydrogen) atoms. The number of hydrogen-bond acceptors (Lipinski definition) is 4. The Labute approximate surface area is 114 Å². The first-order valence-corrected chi connectivity index (χ1v) is 6.68. The second-order valence-corrected chi connectivity index (χ2v) is 5.14. The molecule has 0 radical (unpaired) electrons. The number of rotatable bonds is 2. The van der Waals surface area contributed by atoms with Crippen molar-refractivity contribution in [2.45, 2.75) is 6.92 Å². The van der Waals surface area contributed by atoms with E-state index in [2.05, 4.69) is 11.1 Å². The van der Waals surface area contributed by atoms with Crippen LogP contribution in [0.1, 0.15) is 6.92 Å². The molecule has 3 rings (SSSR count). The highest BCUT2D eigenvalue weighted by molar-refractivity contribution is 7.21. The minimum atomic E-state index is -0.312. The van der Waals surface area contributed by atoms with Crippen molar-refractivity contribution in [3.8, 4) is 16.3 Å². The average Bonchev–Trinajstić information content (AvgIpc) is 2.82. The average molecular weight is 269 g/mol. The van der Waals surface area contributed by atoms with Gasteiger partial charge in [0.15, 0.2) is 0 Å². The summed E-state index contributed by atoms with van der Waals surface area (Å²) in [6.07, 6.45) is 0. The summed E-state index contributed by atoms with van der Waals surface area (Å²) in [7, 11) is 0. The molecule has 0 saturated carbocycles. The molecule has 0 bridgehead atoms. The van der Waals surface area contributed by atoms with Crippen LogP contribution in [-0.4, -0.2) is 11.0 Å². The maximum absolute atomic E-state index is 10.9. The third kappa shape index (κ3) is 2.48. The van der Waals surface area contributed by atoms with Gasteiger partial charge in [-0.3, -0.25) is 4.79 Å². The molecule has 0 fully saturated rings. The second kappa shape index (κ2) is 4.82. The van der Waals surface area contributed by atoms with Crippen LogP contribution in [0.25, 0.3) is 20.8 Å². The molecule has 0 spiro atoms. The molecule has 0 aliphatic rings. The smallest absolute Gasteiger partial charge is 0.308 e. The van der Waals surface area contributed by atoms with Gasteiger partial charge >= 0.3 is 5.97 Å². The zero-order chi connectivity index (χ0) is 13.2. The summed E-state index contributed by atoms with van der Waals surface area (Å²) in [5.41, 5.74) is 2.03. The van der Waals surface area contributed by atoms with Crippen LogP contribution >= 0.6 is 11.3 Å². The zero-order valence-corrected chi connectivity index (χ0v) is 11.1. The van der Waals surface area contributed by atoms with E-state index in [0.717, 1.165) is 16.1 Å². The van der Waals surface area contributed by atoms with E-state index in [1.165, 1.54) is 11.6 Å². The van der Waals surface area contributed by atoms with E-state index in [0.29, 0.717) is 5.75 Å². The van der Waals surface area contributed by atoms with Crippen LogP contribution in [0, 0.1) is 0 Å². The standard InChI is InChI=1S/C15H11NO2S/c1-10(17)18-12-8-6-11(7-9-12)15-16-13-4-2-3-5-14(13)19-15/h2-9H,1H3. The first-order chi connectivity index (χ1) is 9.22. The zero-order valence-electron chi connectivity index (χ0n) is 10.3. The Balaban J connectivity index is 1.95. The van der Waals surface area contributed by atoms with Gasteiger partial charge in [-0.1, -0.05) is 12.1 Å². The summed E-state index contributed by atoms with van der Waals surface area (Å²) in [5, 5.41) is 0.968. The molecule has 1 heterocycles. The van der Waals surface area contributed by atoms with Gasteiger partial charge in [-0.2, -0.15) is 0 Å². The fourth-order valence-corrected chi connectivity index (χ4v) is 2.80. The van der Waals surface area contributed by atoms with Crippen molar-refractivity contribution < 1.29 is 9.53 Å². The van der Waals surface area contributed by atoms with Crippen molar-refractivity contribution in [3.05, 3.63) is 48.5 Å². The van der Waals surface area contributed by atoms with Crippen molar-refractivity contribution in [2.75, 3.05) is 0 Å². The van der Waals surface area contributed by atoms with E-state index in [-0.39, 0.29) is 5.97 Å². The van der Waals surface area contributed by atoms with Gasteiger partial charge in [0, 0.05) is 12.5 Å². The summed E-state index contributed by atoms with van der Waals surface area (Å²) >= 11 is 1.65. The molecule has 3 nitrogen and oxygen atoms in total. The number of carbonyl (C=O) groups excluding carboxylic acids is 1. The van der Waals surface area contributed by atoms with Crippen LogP contribution in [-0.2, 0) is 4.79 Å². The third-order valence-corrected chi connectivity index (χ3v) is 3.74. The fourth-order valence-electron chi connectivity index (χ4n) is 1.83. The lowest BCUT2D eigenvalue weighted by Crippen LogP contribution is -2.00. The highest BCUT2D eigenvalue weighted by atomic mass is 32.1. The lowest BCUT2D eigenvalue weighted by Gasteiger charge is -2.01. The van der Waals surface area contributed by atoms with Gasteiger partial charge < -0.3 is 4.74 Å². The van der Waals surface area contributed by atoms with Crippen molar-refractivity contribution in [1.82, 2.24) is 4.98 Å². The van der Waals surface area contributed by atoms with Crippen molar-refractivity contribution in [1.29, 1.82) is 0 Å². The summed E-state index contributed by atoms with van der Waals surface area (Å²) in [5.74, 6) is 0.241. The number of nitrogens with zero attached hydrogens (tertiary/aromatic N) is 1. The van der Waals surface area contributed by atoms with E-state index in [1.54, 1.807) is 23.5 Å². The number of thiazole rings is 1. The number of esters is 1. The predicted molar refractivity (Wildman–Crippen MR) is 76.4 cm³/mol. The lowest BCUT2D eigenvalue weighted by atomic mass is 10.2. The number of fused-ring (bicyclic) bond motifs is 1. The number of benzene rings is 2. The monoisotopic (exact) mass is 269 g/mol. The third-order valence-electron chi connectivity index (χ3n) is 2.66. The molecule has 1 aromatic heterocycles. The van der Waals surface area contributed by atoms with Crippen LogP contribution in [0.2, 0.25) is 0 Å². The predicted octanol–water partition coefficient (Wildman–Crippen LogP) is 3.89. The number of hydrogen-bond donors (Lipinski definition) is 0. The first-order valence-electron chi connectivity index (χ1n) is 5.87. The van der Waals surface area contributed by atoms with Gasteiger partial charge in [-0.05, 0) is 36.4 Å². The molecule has 0 unspecified atom stereocenters.